The molecule has 8 nitrogen and oxygen atoms in total. The van der Waals surface area contributed by atoms with Gasteiger partial charge in [0.05, 0.1) is 31.3 Å². The van der Waals surface area contributed by atoms with Crippen molar-refractivity contribution in [2.75, 3.05) is 26.3 Å². The zero-order chi connectivity index (χ0) is 19.0. The van der Waals surface area contributed by atoms with Gasteiger partial charge in [0.2, 0.25) is 5.89 Å². The van der Waals surface area contributed by atoms with E-state index in [0.717, 1.165) is 37.6 Å². The fourth-order valence-electron chi connectivity index (χ4n) is 3.57. The first kappa shape index (κ1) is 18.3. The van der Waals surface area contributed by atoms with Crippen molar-refractivity contribution in [2.45, 2.75) is 51.6 Å². The topological polar surface area (TPSA) is 86.3 Å². The van der Waals surface area contributed by atoms with Crippen LogP contribution in [0.4, 0.5) is 0 Å². The molecule has 0 radical (unpaired) electrons. The standard InChI is InChI=1S/C19H27N5O3/c1-19(2,3)15-4-5-17(25)24(21-15)10-13-8-23(9-13)11-16-20-18(27-22-16)14-6-7-26-12-14/h4-5,13-14H,6-12H2,1-3H3. The van der Waals surface area contributed by atoms with Gasteiger partial charge in [0.25, 0.3) is 5.56 Å². The average Bonchev–Trinajstić information content (AvgIpc) is 3.24. The Morgan fingerprint density at radius 2 is 2.07 bits per heavy atom. The highest BCUT2D eigenvalue weighted by Gasteiger charge is 2.30. The Kier molecular flexibility index (Phi) is 4.86. The van der Waals surface area contributed by atoms with Crippen LogP contribution in [0.5, 0.6) is 0 Å². The molecule has 2 aromatic rings. The molecule has 2 fully saturated rings. The molecule has 2 aromatic heterocycles. The highest BCUT2D eigenvalue weighted by Crippen LogP contribution is 2.25. The van der Waals surface area contributed by atoms with Crippen LogP contribution < -0.4 is 5.56 Å². The first-order valence-corrected chi connectivity index (χ1v) is 9.60. The van der Waals surface area contributed by atoms with Gasteiger partial charge in [-0.25, -0.2) is 4.68 Å². The minimum absolute atomic E-state index is 0.0388. The van der Waals surface area contributed by atoms with Crippen molar-refractivity contribution in [2.24, 2.45) is 5.92 Å². The fraction of sp³-hybridized carbons (Fsp3) is 0.684. The molecule has 8 heteroatoms. The zero-order valence-electron chi connectivity index (χ0n) is 16.2. The third-order valence-corrected chi connectivity index (χ3v) is 5.23. The smallest absolute Gasteiger partial charge is 0.266 e. The second kappa shape index (κ2) is 7.16. The summed E-state index contributed by atoms with van der Waals surface area (Å²) >= 11 is 0. The molecule has 0 saturated carbocycles. The van der Waals surface area contributed by atoms with Crippen LogP contribution in [0.1, 0.15) is 50.5 Å². The number of rotatable bonds is 5. The SMILES string of the molecule is CC(C)(C)c1ccc(=O)n(CC2CN(Cc3noc(C4CCOC4)n3)C2)n1. The molecule has 146 valence electrons. The Morgan fingerprint density at radius 3 is 2.78 bits per heavy atom. The maximum atomic E-state index is 12.1. The van der Waals surface area contributed by atoms with Crippen molar-refractivity contribution >= 4 is 0 Å². The molecule has 0 aliphatic carbocycles. The third kappa shape index (κ3) is 4.11. The van der Waals surface area contributed by atoms with Gasteiger partial charge >= 0.3 is 0 Å². The van der Waals surface area contributed by atoms with Crippen molar-refractivity contribution in [3.05, 3.63) is 39.9 Å². The van der Waals surface area contributed by atoms with Crippen LogP contribution >= 0.6 is 0 Å². The molecule has 1 unspecified atom stereocenters. The van der Waals surface area contributed by atoms with E-state index in [1.807, 2.05) is 6.07 Å². The Hall–Kier alpha value is -2.06. The number of hydrogen-bond donors (Lipinski definition) is 0. The van der Waals surface area contributed by atoms with Crippen LogP contribution in [0.2, 0.25) is 0 Å². The molecular formula is C19H27N5O3. The highest BCUT2D eigenvalue weighted by atomic mass is 16.5. The van der Waals surface area contributed by atoms with E-state index in [1.54, 1.807) is 10.7 Å². The molecule has 0 spiro atoms. The van der Waals surface area contributed by atoms with E-state index < -0.39 is 0 Å². The Bertz CT molecular complexity index is 842. The van der Waals surface area contributed by atoms with Crippen LogP contribution in [0.15, 0.2) is 21.5 Å². The highest BCUT2D eigenvalue weighted by molar-refractivity contribution is 5.10. The molecular weight excluding hydrogens is 346 g/mol. The largest absolute Gasteiger partial charge is 0.381 e. The molecule has 0 N–H and O–H groups in total. The van der Waals surface area contributed by atoms with E-state index in [0.29, 0.717) is 31.5 Å². The van der Waals surface area contributed by atoms with Gasteiger partial charge in [-0.15, -0.1) is 0 Å². The summed E-state index contributed by atoms with van der Waals surface area (Å²) in [5.41, 5.74) is 0.832. The summed E-state index contributed by atoms with van der Waals surface area (Å²) in [5, 5.41) is 8.65. The maximum Gasteiger partial charge on any atom is 0.266 e. The summed E-state index contributed by atoms with van der Waals surface area (Å²) in [5.74, 6) is 2.07. The predicted octanol–water partition coefficient (Wildman–Crippen LogP) is 1.56. The van der Waals surface area contributed by atoms with Crippen molar-refractivity contribution in [3.8, 4) is 0 Å². The van der Waals surface area contributed by atoms with E-state index in [4.69, 9.17) is 9.26 Å². The molecule has 4 rings (SSSR count). The van der Waals surface area contributed by atoms with Gasteiger partial charge in [-0.3, -0.25) is 9.69 Å². The van der Waals surface area contributed by atoms with Crippen LogP contribution in [0.3, 0.4) is 0 Å². The third-order valence-electron chi connectivity index (χ3n) is 5.23. The van der Waals surface area contributed by atoms with Gasteiger partial charge in [0.1, 0.15) is 0 Å². The molecule has 27 heavy (non-hydrogen) atoms. The molecule has 2 saturated heterocycles. The minimum atomic E-state index is -0.0677. The summed E-state index contributed by atoms with van der Waals surface area (Å²) in [6, 6.07) is 3.45. The van der Waals surface area contributed by atoms with Crippen molar-refractivity contribution in [1.29, 1.82) is 0 Å². The molecule has 0 bridgehead atoms. The van der Waals surface area contributed by atoms with Gasteiger partial charge in [0, 0.05) is 37.1 Å². The Balaban J connectivity index is 1.31. The molecule has 2 aliphatic heterocycles. The number of ether oxygens (including phenoxy) is 1. The number of nitrogens with zero attached hydrogens (tertiary/aromatic N) is 5. The van der Waals surface area contributed by atoms with Crippen LogP contribution in [-0.2, 0) is 23.2 Å². The van der Waals surface area contributed by atoms with Crippen molar-refractivity contribution in [1.82, 2.24) is 24.8 Å². The van der Waals surface area contributed by atoms with E-state index in [2.05, 4.69) is 40.9 Å². The lowest BCUT2D eigenvalue weighted by Gasteiger charge is -2.38. The normalized spacial score (nSPS) is 21.5. The summed E-state index contributed by atoms with van der Waals surface area (Å²) < 4.78 is 12.4. The second-order valence-corrected chi connectivity index (χ2v) is 8.66. The van der Waals surface area contributed by atoms with E-state index in [-0.39, 0.29) is 16.9 Å². The van der Waals surface area contributed by atoms with Gasteiger partial charge in [0.15, 0.2) is 5.82 Å². The lowest BCUT2D eigenvalue weighted by molar-refractivity contribution is 0.0729. The predicted molar refractivity (Wildman–Crippen MR) is 98.4 cm³/mol. The van der Waals surface area contributed by atoms with Crippen molar-refractivity contribution < 1.29 is 9.26 Å². The first-order valence-electron chi connectivity index (χ1n) is 9.60. The summed E-state index contributed by atoms with van der Waals surface area (Å²) in [6.45, 7) is 10.9. The van der Waals surface area contributed by atoms with Gasteiger partial charge < -0.3 is 9.26 Å². The fourth-order valence-corrected chi connectivity index (χ4v) is 3.57. The number of aromatic nitrogens is 4. The van der Waals surface area contributed by atoms with E-state index in [1.165, 1.54) is 0 Å². The molecule has 4 heterocycles. The summed E-state index contributed by atoms with van der Waals surface area (Å²) in [7, 11) is 0. The number of likely N-dealkylation sites (tertiary alicyclic amines) is 1. The van der Waals surface area contributed by atoms with E-state index >= 15 is 0 Å². The monoisotopic (exact) mass is 373 g/mol. The van der Waals surface area contributed by atoms with Crippen LogP contribution in [-0.4, -0.2) is 51.1 Å². The van der Waals surface area contributed by atoms with Crippen LogP contribution in [0, 0.1) is 5.92 Å². The van der Waals surface area contributed by atoms with Crippen molar-refractivity contribution in [3.63, 3.8) is 0 Å². The second-order valence-electron chi connectivity index (χ2n) is 8.66. The summed E-state index contributed by atoms with van der Waals surface area (Å²) in [6.07, 6.45) is 0.947. The molecule has 0 amide bonds. The lowest BCUT2D eigenvalue weighted by atomic mass is 9.92. The lowest BCUT2D eigenvalue weighted by Crippen LogP contribution is -2.49. The number of hydrogen-bond acceptors (Lipinski definition) is 7. The minimum Gasteiger partial charge on any atom is -0.381 e. The van der Waals surface area contributed by atoms with Crippen LogP contribution in [0.25, 0.3) is 0 Å². The molecule has 0 aromatic carbocycles. The Morgan fingerprint density at radius 1 is 1.26 bits per heavy atom. The Labute approximate surface area is 158 Å². The maximum absolute atomic E-state index is 12.1. The summed E-state index contributed by atoms with van der Waals surface area (Å²) in [4.78, 5) is 18.9. The quantitative estimate of drug-likeness (QED) is 0.786. The molecule has 1 atom stereocenters. The average molecular weight is 373 g/mol. The molecule has 2 aliphatic rings. The van der Waals surface area contributed by atoms with Gasteiger partial charge in [-0.1, -0.05) is 25.9 Å². The van der Waals surface area contributed by atoms with Gasteiger partial charge in [-0.05, 0) is 12.5 Å². The zero-order valence-corrected chi connectivity index (χ0v) is 16.2. The van der Waals surface area contributed by atoms with E-state index in [9.17, 15) is 4.79 Å². The van der Waals surface area contributed by atoms with Gasteiger partial charge in [-0.2, -0.15) is 10.1 Å². The first-order chi connectivity index (χ1) is 12.9.